The van der Waals surface area contributed by atoms with Gasteiger partial charge in [0.05, 0.1) is 49.5 Å². The predicted octanol–water partition coefficient (Wildman–Crippen LogP) is 1.73. The monoisotopic (exact) mass is 984 g/mol. The summed E-state index contributed by atoms with van der Waals surface area (Å²) in [5.41, 5.74) is -0.712. The number of hydrogen-bond donors (Lipinski definition) is 1. The van der Waals surface area contributed by atoms with Crippen molar-refractivity contribution in [3.05, 3.63) is 72.8 Å². The minimum Gasteiger partial charge on any atom is -0.744 e. The fourth-order valence-corrected chi connectivity index (χ4v) is 8.39. The van der Waals surface area contributed by atoms with Crippen molar-refractivity contribution < 1.29 is 79.8 Å². The number of aliphatic hydroxyl groups is 1. The fraction of sp³-hybridized carbons (Fsp3) is 0.111. The average Bonchev–Trinajstić information content (AvgIpc) is 3.91. The van der Waals surface area contributed by atoms with E-state index in [9.17, 15) is 51.9 Å². The molecule has 8 bridgehead atoms. The maximum absolute atomic E-state index is 12.0. The number of rotatable bonds is 6. The molecule has 7 aromatic rings. The van der Waals surface area contributed by atoms with E-state index in [0.29, 0.717) is 0 Å². The fourth-order valence-electron chi connectivity index (χ4n) is 6.40. The Morgan fingerprint density at radius 2 is 0.778 bits per heavy atom. The van der Waals surface area contributed by atoms with Crippen LogP contribution in [0, 0.1) is 0 Å². The largest absolute Gasteiger partial charge is 2.00 e. The smallest absolute Gasteiger partial charge is 0.744 e. The number of aliphatic hydroxyl groups excluding tert-OH is 1. The molecule has 2 aliphatic rings. The predicted molar refractivity (Wildman–Crippen MR) is 216 cm³/mol. The molecule has 0 fully saturated rings. The maximum Gasteiger partial charge on any atom is 2.00 e. The summed E-state index contributed by atoms with van der Waals surface area (Å²) in [7, 11) is -16.2. The summed E-state index contributed by atoms with van der Waals surface area (Å²) in [6.07, 6.45) is 0. The van der Waals surface area contributed by atoms with E-state index >= 15 is 0 Å². The molecule has 22 nitrogen and oxygen atoms in total. The van der Waals surface area contributed by atoms with Crippen LogP contribution in [0.3, 0.4) is 0 Å². The Balaban J connectivity index is 0.00000102. The van der Waals surface area contributed by atoms with Crippen molar-refractivity contribution in [2.24, 2.45) is 0 Å². The molecule has 0 aliphatic carbocycles. The molecule has 9 rings (SSSR count). The van der Waals surface area contributed by atoms with Crippen LogP contribution < -0.4 is 9.97 Å². The Labute approximate surface area is 372 Å². The van der Waals surface area contributed by atoms with E-state index < -0.39 is 60.1 Å². The third kappa shape index (κ3) is 8.81. The van der Waals surface area contributed by atoms with Crippen LogP contribution in [0.15, 0.2) is 92.4 Å². The van der Waals surface area contributed by atoms with Crippen LogP contribution in [-0.2, 0) is 57.5 Å². The summed E-state index contributed by atoms with van der Waals surface area (Å²) in [6, 6.07) is 12.8. The Hall–Kier alpha value is -5.68. The number of fused-ring (bicyclic) bond motifs is 20. The summed E-state index contributed by atoms with van der Waals surface area (Å²) < 4.78 is 145. The zero-order valence-electron chi connectivity index (χ0n) is 35.6. The van der Waals surface area contributed by atoms with Crippen LogP contribution in [0.25, 0.3) is 89.7 Å². The standard InChI is InChI=1S/C32H16N8O12S4.C4H11NO.Cu/c41-53(42,43)13-1-5-17-21(9-13)29-34-25(17)33-26-18-6-2-15(55(47,48)49)11-23(18)31(35-26)40-32-24-12-16(56(50,51)52)4-8-20(24)28(39-32)38-30-22-10-14(54(44,45)46)3-7-19(22)27(36-29)37-30;1-5(2)3-4-6;/h1-12H,(H4-2,33,34,35,36,37,38,39,40,41,42,43,44,45,46,47,48,49,50,51,52);6H,3-4H2,1-2H3;/q-2;;+2. The van der Waals surface area contributed by atoms with E-state index in [0.717, 1.165) is 55.1 Å². The van der Waals surface area contributed by atoms with Crippen molar-refractivity contribution in [2.45, 2.75) is 19.6 Å². The van der Waals surface area contributed by atoms with Crippen LogP contribution in [0.4, 0.5) is 0 Å². The van der Waals surface area contributed by atoms with Crippen molar-refractivity contribution in [3.63, 3.8) is 0 Å². The number of benzene rings is 4. The topological polar surface area (TPSA) is 358 Å². The first-order chi connectivity index (χ1) is 29.0. The van der Waals surface area contributed by atoms with Crippen molar-refractivity contribution >= 4 is 84.6 Å². The number of nitrogens with zero attached hydrogens (tertiary/aromatic N) is 9. The summed E-state index contributed by atoms with van der Waals surface area (Å²) in [5, 5.41) is 8.36. The van der Waals surface area contributed by atoms with Crippen LogP contribution in [-0.4, -0.2) is 119 Å². The molecule has 0 spiro atoms. The molecule has 63 heavy (non-hydrogen) atoms. The van der Waals surface area contributed by atoms with E-state index in [4.69, 9.17) is 5.11 Å². The van der Waals surface area contributed by atoms with Gasteiger partial charge in [-0.05, 0) is 84.2 Å². The zero-order valence-corrected chi connectivity index (χ0v) is 35.9. The maximum atomic E-state index is 12.0. The quantitative estimate of drug-likeness (QED) is 0.183. The molecular weight excluding hydrogens is 958 g/mol. The van der Waals surface area contributed by atoms with Gasteiger partial charge in [-0.25, -0.2) is 43.6 Å². The second-order valence-electron chi connectivity index (χ2n) is 13.7. The molecule has 0 atom stereocenters. The van der Waals surface area contributed by atoms with E-state index in [1.165, 1.54) is 24.3 Å². The van der Waals surface area contributed by atoms with E-state index in [-0.39, 0.29) is 119 Å². The molecule has 4 aromatic carbocycles. The Bertz CT molecular complexity index is 3740. The molecule has 5 heterocycles. The van der Waals surface area contributed by atoms with Gasteiger partial charge in [-0.2, -0.15) is 0 Å². The Morgan fingerprint density at radius 1 is 0.476 bits per heavy atom. The van der Waals surface area contributed by atoms with Gasteiger partial charge in [0.2, 0.25) is 0 Å². The first kappa shape index (κ1) is 45.3. The van der Waals surface area contributed by atoms with Crippen molar-refractivity contribution in [2.75, 3.05) is 27.2 Å². The molecule has 329 valence electrons. The third-order valence-electron chi connectivity index (χ3n) is 9.29. The van der Waals surface area contributed by atoms with Crippen LogP contribution >= 0.6 is 0 Å². The van der Waals surface area contributed by atoms with Gasteiger partial charge in [-0.1, -0.05) is 24.3 Å². The summed E-state index contributed by atoms with van der Waals surface area (Å²) in [6.45, 7) is 1.02. The second kappa shape index (κ2) is 16.1. The molecule has 0 amide bonds. The third-order valence-corrected chi connectivity index (χ3v) is 12.6. The minimum absolute atomic E-state index is 0. The van der Waals surface area contributed by atoms with Gasteiger partial charge in [0.25, 0.3) is 0 Å². The Morgan fingerprint density at radius 3 is 1.08 bits per heavy atom. The summed E-state index contributed by atoms with van der Waals surface area (Å²) in [4.78, 5) is 35.1. The van der Waals surface area contributed by atoms with E-state index in [1.54, 1.807) is 0 Å². The molecule has 1 N–H and O–H groups in total. The van der Waals surface area contributed by atoms with Crippen molar-refractivity contribution in [1.82, 2.24) is 44.8 Å². The van der Waals surface area contributed by atoms with Crippen molar-refractivity contribution in [1.29, 1.82) is 0 Å². The van der Waals surface area contributed by atoms with Gasteiger partial charge >= 0.3 is 22.8 Å². The molecule has 3 aromatic heterocycles. The summed E-state index contributed by atoms with van der Waals surface area (Å²) >= 11 is 0. The molecule has 0 saturated heterocycles. The van der Waals surface area contributed by atoms with Crippen LogP contribution in [0.2, 0.25) is 0 Å². The van der Waals surface area contributed by atoms with Crippen LogP contribution in [0.1, 0.15) is 5.71 Å². The molecular formula is C36H27CuN9O13S4. The van der Waals surface area contributed by atoms with Crippen LogP contribution in [0.5, 0.6) is 0 Å². The first-order valence-electron chi connectivity index (χ1n) is 17.4. The minimum atomic E-state index is -5.03. The van der Waals surface area contributed by atoms with Gasteiger partial charge in [-0.3, -0.25) is 0 Å². The molecule has 27 heteroatoms. The second-order valence-corrected chi connectivity index (χ2v) is 19.2. The van der Waals surface area contributed by atoms with Gasteiger partial charge in [0.15, 0.2) is 0 Å². The Kier molecular flexibility index (Phi) is 11.6. The number of hydrogen-bond acceptors (Lipinski definition) is 20. The number of aromatic nitrogens is 8. The number of likely N-dealkylation sites (N-methyl/N-ethyl adjacent to an activating group) is 1. The summed E-state index contributed by atoms with van der Waals surface area (Å²) in [5.74, 6) is -0.882. The van der Waals surface area contributed by atoms with E-state index in [2.05, 4.69) is 39.9 Å². The average molecular weight is 985 g/mol. The molecule has 1 radical (unpaired) electrons. The van der Waals surface area contributed by atoms with Gasteiger partial charge in [0, 0.05) is 51.4 Å². The van der Waals surface area contributed by atoms with E-state index in [1.807, 2.05) is 19.0 Å². The first-order valence-corrected chi connectivity index (χ1v) is 23.0. The molecule has 0 unspecified atom stereocenters. The zero-order chi connectivity index (χ0) is 44.7. The molecule has 2 aliphatic heterocycles. The SMILES string of the molecule is CN(C)CCO.O=S(=O)([O-])c1ccc2c(c1)-c1nc-2nc2[n-]c(nc3nc(nc4[n-]c(n1)c1ccc(S(=O)(=O)[O-])cc41)-c1cc(S(=O)(=O)[O-])ccc1-3)c1ccc(S(=O)(=O)[O-])cc21.[Cu+2].[H+].[H+].[H+].[H+]. The van der Waals surface area contributed by atoms with Gasteiger partial charge in [-0.15, -0.1) is 0 Å². The van der Waals surface area contributed by atoms with Gasteiger partial charge in [0.1, 0.15) is 40.5 Å². The van der Waals surface area contributed by atoms with Crippen molar-refractivity contribution in [3.8, 4) is 45.6 Å². The van der Waals surface area contributed by atoms with Gasteiger partial charge < -0.3 is 58.1 Å². The molecule has 0 saturated carbocycles. The normalized spacial score (nSPS) is 12.7.